The van der Waals surface area contributed by atoms with Crippen molar-refractivity contribution in [3.63, 3.8) is 0 Å². The summed E-state index contributed by atoms with van der Waals surface area (Å²) in [4.78, 5) is 0.883. The van der Waals surface area contributed by atoms with Crippen molar-refractivity contribution < 1.29 is 25.6 Å². The maximum atomic E-state index is 13.6. The molecule has 1 aromatic carbocycles. The van der Waals surface area contributed by atoms with E-state index in [-0.39, 0.29) is 6.54 Å². The van der Waals surface area contributed by atoms with Gasteiger partial charge in [0.15, 0.2) is 4.90 Å². The van der Waals surface area contributed by atoms with Crippen LogP contribution in [-0.4, -0.2) is 71.6 Å². The van der Waals surface area contributed by atoms with Gasteiger partial charge >= 0.3 is 0 Å². The molecule has 1 aliphatic heterocycles. The van der Waals surface area contributed by atoms with Crippen LogP contribution in [0.5, 0.6) is 0 Å². The standard InChI is InChI=1S/C13H19F2N3O4S2/c1-23(19,20)18-9-7-17(8-10-18)6-5-16-24(21,22)13-11(14)3-2-4-12(13)15/h2-4,16H,5-10H2,1H3. The van der Waals surface area contributed by atoms with Crippen LogP contribution in [0.4, 0.5) is 8.78 Å². The van der Waals surface area contributed by atoms with Crippen LogP contribution in [0, 0.1) is 11.6 Å². The second-order valence-corrected chi connectivity index (χ2v) is 9.14. The lowest BCUT2D eigenvalue weighted by Gasteiger charge is -2.33. The molecule has 1 saturated heterocycles. The molecule has 0 amide bonds. The van der Waals surface area contributed by atoms with Gasteiger partial charge in [0, 0.05) is 39.3 Å². The van der Waals surface area contributed by atoms with Gasteiger partial charge in [-0.15, -0.1) is 0 Å². The van der Waals surface area contributed by atoms with E-state index < -0.39 is 36.6 Å². The average molecular weight is 383 g/mol. The third-order valence-electron chi connectivity index (χ3n) is 3.71. The maximum absolute atomic E-state index is 13.6. The summed E-state index contributed by atoms with van der Waals surface area (Å²) in [5.41, 5.74) is 0. The van der Waals surface area contributed by atoms with Gasteiger partial charge in [-0.3, -0.25) is 4.90 Å². The van der Waals surface area contributed by atoms with Crippen molar-refractivity contribution in [3.05, 3.63) is 29.8 Å². The van der Waals surface area contributed by atoms with Crippen LogP contribution >= 0.6 is 0 Å². The fourth-order valence-electron chi connectivity index (χ4n) is 2.43. The minimum absolute atomic E-state index is 0.0328. The first-order valence-electron chi connectivity index (χ1n) is 7.22. The van der Waals surface area contributed by atoms with Gasteiger partial charge in [0.05, 0.1) is 6.26 Å². The van der Waals surface area contributed by atoms with Gasteiger partial charge in [-0.2, -0.15) is 4.31 Å². The summed E-state index contributed by atoms with van der Waals surface area (Å²) < 4.78 is 77.4. The lowest BCUT2D eigenvalue weighted by atomic mass is 10.3. The van der Waals surface area contributed by atoms with Crippen molar-refractivity contribution in [2.75, 3.05) is 45.5 Å². The Morgan fingerprint density at radius 1 is 1.04 bits per heavy atom. The fourth-order valence-corrected chi connectivity index (χ4v) is 4.41. The highest BCUT2D eigenvalue weighted by molar-refractivity contribution is 7.89. The molecule has 136 valence electrons. The molecule has 0 spiro atoms. The highest BCUT2D eigenvalue weighted by Gasteiger charge is 2.25. The summed E-state index contributed by atoms with van der Waals surface area (Å²) in [6.45, 7) is 1.86. The summed E-state index contributed by atoms with van der Waals surface area (Å²) in [5, 5.41) is 0. The number of nitrogens with one attached hydrogen (secondary N) is 1. The number of piperazine rings is 1. The summed E-state index contributed by atoms with van der Waals surface area (Å²) >= 11 is 0. The highest BCUT2D eigenvalue weighted by Crippen LogP contribution is 2.17. The normalized spacial score (nSPS) is 18.0. The largest absolute Gasteiger partial charge is 0.299 e. The Kier molecular flexibility index (Phi) is 5.91. The van der Waals surface area contributed by atoms with Crippen LogP contribution in [0.25, 0.3) is 0 Å². The number of nitrogens with zero attached hydrogens (tertiary/aromatic N) is 2. The third-order valence-corrected chi connectivity index (χ3v) is 6.52. The third kappa shape index (κ3) is 4.70. The molecule has 0 radical (unpaired) electrons. The minimum atomic E-state index is -4.29. The number of hydrogen-bond acceptors (Lipinski definition) is 5. The van der Waals surface area contributed by atoms with Crippen LogP contribution in [0.15, 0.2) is 23.1 Å². The van der Waals surface area contributed by atoms with Crippen molar-refractivity contribution in [2.45, 2.75) is 4.90 Å². The Labute approximate surface area is 140 Å². The summed E-state index contributed by atoms with van der Waals surface area (Å²) in [6.07, 6.45) is 1.14. The number of sulfonamides is 2. The van der Waals surface area contributed by atoms with Crippen LogP contribution < -0.4 is 4.72 Å². The molecule has 0 bridgehead atoms. The van der Waals surface area contributed by atoms with E-state index in [0.29, 0.717) is 32.7 Å². The van der Waals surface area contributed by atoms with Crippen molar-refractivity contribution in [2.24, 2.45) is 0 Å². The summed E-state index contributed by atoms with van der Waals surface area (Å²) in [5.74, 6) is -2.30. The molecule has 2 rings (SSSR count). The Morgan fingerprint density at radius 3 is 2.08 bits per heavy atom. The molecule has 0 aliphatic carbocycles. The zero-order chi connectivity index (χ0) is 18.0. The average Bonchev–Trinajstić information content (AvgIpc) is 2.46. The molecular formula is C13H19F2N3O4S2. The van der Waals surface area contributed by atoms with Crippen LogP contribution in [0.2, 0.25) is 0 Å². The van der Waals surface area contributed by atoms with Crippen molar-refractivity contribution in [1.29, 1.82) is 0 Å². The lowest BCUT2D eigenvalue weighted by molar-refractivity contribution is 0.192. The predicted molar refractivity (Wildman–Crippen MR) is 84.4 cm³/mol. The first-order chi connectivity index (χ1) is 11.1. The Balaban J connectivity index is 1.89. The minimum Gasteiger partial charge on any atom is -0.299 e. The SMILES string of the molecule is CS(=O)(=O)N1CCN(CCNS(=O)(=O)c2c(F)cccc2F)CC1. The van der Waals surface area contributed by atoms with Gasteiger partial charge in [-0.25, -0.2) is 30.3 Å². The molecule has 1 aliphatic rings. The summed E-state index contributed by atoms with van der Waals surface area (Å²) in [7, 11) is -7.52. The quantitative estimate of drug-likeness (QED) is 0.737. The highest BCUT2D eigenvalue weighted by atomic mass is 32.2. The number of hydrogen-bond donors (Lipinski definition) is 1. The van der Waals surface area contributed by atoms with Crippen molar-refractivity contribution in [1.82, 2.24) is 13.9 Å². The van der Waals surface area contributed by atoms with E-state index in [1.807, 2.05) is 4.90 Å². The molecule has 24 heavy (non-hydrogen) atoms. The van der Waals surface area contributed by atoms with Gasteiger partial charge in [0.25, 0.3) is 0 Å². The molecule has 0 aromatic heterocycles. The number of benzene rings is 1. The molecule has 7 nitrogen and oxygen atoms in total. The second-order valence-electron chi connectivity index (χ2n) is 5.45. The van der Waals surface area contributed by atoms with Gasteiger partial charge in [0.1, 0.15) is 11.6 Å². The molecule has 1 aromatic rings. The summed E-state index contributed by atoms with van der Waals surface area (Å²) in [6, 6.07) is 2.84. The first kappa shape index (κ1) is 19.2. The molecule has 1 N–H and O–H groups in total. The van der Waals surface area contributed by atoms with Crippen LogP contribution in [0.1, 0.15) is 0 Å². The van der Waals surface area contributed by atoms with E-state index in [0.717, 1.165) is 24.5 Å². The zero-order valence-corrected chi connectivity index (χ0v) is 14.7. The van der Waals surface area contributed by atoms with Gasteiger partial charge in [-0.05, 0) is 12.1 Å². The lowest BCUT2D eigenvalue weighted by Crippen LogP contribution is -2.49. The van der Waals surface area contributed by atoms with E-state index in [9.17, 15) is 25.6 Å². The Hall–Kier alpha value is -1.14. The monoisotopic (exact) mass is 383 g/mol. The smallest absolute Gasteiger partial charge is 0.246 e. The molecule has 0 saturated carbocycles. The maximum Gasteiger partial charge on any atom is 0.246 e. The van der Waals surface area contributed by atoms with Crippen molar-refractivity contribution in [3.8, 4) is 0 Å². The predicted octanol–water partition coefficient (Wildman–Crippen LogP) is -0.180. The molecule has 0 atom stereocenters. The van der Waals surface area contributed by atoms with Gasteiger partial charge in [0.2, 0.25) is 20.0 Å². The van der Waals surface area contributed by atoms with E-state index in [1.54, 1.807) is 0 Å². The Bertz CT molecular complexity index is 771. The van der Waals surface area contributed by atoms with Crippen molar-refractivity contribution >= 4 is 20.0 Å². The second kappa shape index (κ2) is 7.40. The van der Waals surface area contributed by atoms with Crippen LogP contribution in [-0.2, 0) is 20.0 Å². The van der Waals surface area contributed by atoms with E-state index in [1.165, 1.54) is 4.31 Å². The molecule has 0 unspecified atom stereocenters. The molecule has 11 heteroatoms. The molecular weight excluding hydrogens is 364 g/mol. The number of halogens is 2. The van der Waals surface area contributed by atoms with E-state index in [4.69, 9.17) is 0 Å². The number of rotatable bonds is 6. The van der Waals surface area contributed by atoms with Gasteiger partial charge < -0.3 is 0 Å². The van der Waals surface area contributed by atoms with Crippen LogP contribution in [0.3, 0.4) is 0 Å². The fraction of sp³-hybridized carbons (Fsp3) is 0.538. The molecule has 1 heterocycles. The van der Waals surface area contributed by atoms with Gasteiger partial charge in [-0.1, -0.05) is 6.07 Å². The first-order valence-corrected chi connectivity index (χ1v) is 10.6. The van der Waals surface area contributed by atoms with E-state index in [2.05, 4.69) is 4.72 Å². The zero-order valence-electron chi connectivity index (χ0n) is 13.1. The topological polar surface area (TPSA) is 86.8 Å². The van der Waals surface area contributed by atoms with E-state index >= 15 is 0 Å². The molecule has 1 fully saturated rings. The Morgan fingerprint density at radius 2 is 1.58 bits per heavy atom.